The predicted octanol–water partition coefficient (Wildman–Crippen LogP) is 3.57. The summed E-state index contributed by atoms with van der Waals surface area (Å²) < 4.78 is 65.8. The van der Waals surface area contributed by atoms with Crippen LogP contribution in [0.1, 0.15) is 0 Å². The zero-order valence-corrected chi connectivity index (χ0v) is 17.4. The third-order valence-electron chi connectivity index (χ3n) is 4.59. The number of hydrogen-bond acceptors (Lipinski definition) is 5. The van der Waals surface area contributed by atoms with Gasteiger partial charge in [0.2, 0.25) is 5.91 Å². The van der Waals surface area contributed by atoms with Crippen molar-refractivity contribution >= 4 is 27.3 Å². The summed E-state index contributed by atoms with van der Waals surface area (Å²) in [5, 5.41) is 2.45. The second-order valence-electron chi connectivity index (χ2n) is 6.86. The number of hydrogen-bond donors (Lipinski definition) is 1. The van der Waals surface area contributed by atoms with Crippen molar-refractivity contribution in [3.63, 3.8) is 0 Å². The number of fused-ring (bicyclic) bond motifs is 1. The Morgan fingerprint density at radius 1 is 0.906 bits per heavy atom. The minimum absolute atomic E-state index is 0.0470. The number of sulfonamides is 1. The first kappa shape index (κ1) is 21.6. The average molecular weight is 460 g/mol. The third kappa shape index (κ3) is 4.65. The Bertz CT molecular complexity index is 1270. The van der Waals surface area contributed by atoms with E-state index < -0.39 is 34.1 Å². The molecule has 1 amide bonds. The molecule has 0 atom stereocenters. The zero-order chi connectivity index (χ0) is 22.7. The molecule has 1 aliphatic rings. The molecule has 1 aliphatic heterocycles. The molecule has 32 heavy (non-hydrogen) atoms. The standard InChI is InChI=1S/C22H18F2N2O5S/c23-15-3-1-5-17(11-15)25-22(27)14-26(18-6-2-4-16(24)12-18)32(28,29)19-7-8-20-21(13-19)31-10-9-30-20/h1-8,11-13H,9-10,14H2,(H,25,27). The first-order valence-corrected chi connectivity index (χ1v) is 11.0. The number of nitrogens with zero attached hydrogens (tertiary/aromatic N) is 1. The molecule has 4 rings (SSSR count). The van der Waals surface area contributed by atoms with Crippen LogP contribution in [-0.4, -0.2) is 34.1 Å². The van der Waals surface area contributed by atoms with Gasteiger partial charge in [-0.05, 0) is 48.5 Å². The smallest absolute Gasteiger partial charge is 0.264 e. The van der Waals surface area contributed by atoms with Crippen LogP contribution in [0, 0.1) is 11.6 Å². The predicted molar refractivity (Wildman–Crippen MR) is 113 cm³/mol. The highest BCUT2D eigenvalue weighted by molar-refractivity contribution is 7.92. The molecule has 3 aromatic carbocycles. The number of carbonyl (C=O) groups excluding carboxylic acids is 1. The Morgan fingerprint density at radius 2 is 1.59 bits per heavy atom. The van der Waals surface area contributed by atoms with Crippen molar-refractivity contribution < 1.29 is 31.5 Å². The number of halogens is 2. The van der Waals surface area contributed by atoms with Gasteiger partial charge >= 0.3 is 0 Å². The van der Waals surface area contributed by atoms with Crippen molar-refractivity contribution in [1.29, 1.82) is 0 Å². The van der Waals surface area contributed by atoms with E-state index in [-0.39, 0.29) is 28.6 Å². The molecule has 0 fully saturated rings. The largest absolute Gasteiger partial charge is 0.486 e. The minimum atomic E-state index is -4.30. The lowest BCUT2D eigenvalue weighted by atomic mass is 10.3. The molecule has 0 radical (unpaired) electrons. The van der Waals surface area contributed by atoms with E-state index in [4.69, 9.17) is 9.47 Å². The van der Waals surface area contributed by atoms with E-state index in [1.807, 2.05) is 0 Å². The molecule has 0 unspecified atom stereocenters. The van der Waals surface area contributed by atoms with Gasteiger partial charge < -0.3 is 14.8 Å². The fourth-order valence-electron chi connectivity index (χ4n) is 3.15. The van der Waals surface area contributed by atoms with Crippen molar-refractivity contribution in [2.75, 3.05) is 29.4 Å². The third-order valence-corrected chi connectivity index (χ3v) is 6.36. The maximum absolute atomic E-state index is 13.9. The fraction of sp³-hybridized carbons (Fsp3) is 0.136. The number of anilines is 2. The van der Waals surface area contributed by atoms with Crippen LogP contribution in [0.3, 0.4) is 0 Å². The molecule has 0 aromatic heterocycles. The van der Waals surface area contributed by atoms with Gasteiger partial charge in [0.05, 0.1) is 10.6 Å². The first-order valence-electron chi connectivity index (χ1n) is 9.56. The highest BCUT2D eigenvalue weighted by Crippen LogP contribution is 2.34. The van der Waals surface area contributed by atoms with Crippen molar-refractivity contribution in [1.82, 2.24) is 0 Å². The normalized spacial score (nSPS) is 12.8. The van der Waals surface area contributed by atoms with Gasteiger partial charge in [-0.1, -0.05) is 12.1 Å². The summed E-state index contributed by atoms with van der Waals surface area (Å²) in [4.78, 5) is 12.5. The summed E-state index contributed by atoms with van der Waals surface area (Å²) in [6, 6.07) is 14.1. The molecule has 3 aromatic rings. The Kier molecular flexibility index (Phi) is 5.95. The Morgan fingerprint density at radius 3 is 2.31 bits per heavy atom. The van der Waals surface area contributed by atoms with E-state index in [0.717, 1.165) is 22.5 Å². The molecule has 7 nitrogen and oxygen atoms in total. The van der Waals surface area contributed by atoms with E-state index in [9.17, 15) is 22.0 Å². The summed E-state index contributed by atoms with van der Waals surface area (Å²) in [5.41, 5.74) is 0.111. The quantitative estimate of drug-likeness (QED) is 0.608. The first-order chi connectivity index (χ1) is 15.3. The Hall–Kier alpha value is -3.66. The maximum atomic E-state index is 13.9. The van der Waals surface area contributed by atoms with Gasteiger partial charge in [0, 0.05) is 11.8 Å². The maximum Gasteiger partial charge on any atom is 0.264 e. The number of nitrogens with one attached hydrogen (secondary N) is 1. The Balaban J connectivity index is 1.68. The SMILES string of the molecule is O=C(CN(c1cccc(F)c1)S(=O)(=O)c1ccc2c(c1)OCCO2)Nc1cccc(F)c1. The van der Waals surface area contributed by atoms with Crippen molar-refractivity contribution in [3.8, 4) is 11.5 Å². The van der Waals surface area contributed by atoms with Crippen LogP contribution in [0.4, 0.5) is 20.2 Å². The molecular weight excluding hydrogens is 442 g/mol. The topological polar surface area (TPSA) is 84.9 Å². The van der Waals surface area contributed by atoms with Gasteiger partial charge in [0.1, 0.15) is 31.4 Å². The summed E-state index contributed by atoms with van der Waals surface area (Å²) in [7, 11) is -4.30. The minimum Gasteiger partial charge on any atom is -0.486 e. The summed E-state index contributed by atoms with van der Waals surface area (Å²) in [5.74, 6) is -1.32. The highest BCUT2D eigenvalue weighted by atomic mass is 32.2. The van der Waals surface area contributed by atoms with E-state index in [2.05, 4.69) is 5.32 Å². The van der Waals surface area contributed by atoms with Crippen LogP contribution in [0.25, 0.3) is 0 Å². The van der Waals surface area contributed by atoms with Crippen LogP contribution in [0.2, 0.25) is 0 Å². The van der Waals surface area contributed by atoms with Crippen LogP contribution < -0.4 is 19.1 Å². The number of carbonyl (C=O) groups is 1. The fourth-order valence-corrected chi connectivity index (χ4v) is 4.58. The molecule has 0 saturated heterocycles. The van der Waals surface area contributed by atoms with E-state index in [0.29, 0.717) is 12.4 Å². The molecule has 166 valence electrons. The van der Waals surface area contributed by atoms with Crippen LogP contribution in [-0.2, 0) is 14.8 Å². The lowest BCUT2D eigenvalue weighted by molar-refractivity contribution is -0.114. The molecule has 0 bridgehead atoms. The van der Waals surface area contributed by atoms with Crippen molar-refractivity contribution in [3.05, 3.63) is 78.4 Å². The Labute approximate surface area is 183 Å². The van der Waals surface area contributed by atoms with E-state index in [1.165, 1.54) is 48.5 Å². The molecule has 0 saturated carbocycles. The molecule has 1 heterocycles. The molecule has 0 aliphatic carbocycles. The lowest BCUT2D eigenvalue weighted by Gasteiger charge is -2.25. The van der Waals surface area contributed by atoms with Crippen LogP contribution >= 0.6 is 0 Å². The van der Waals surface area contributed by atoms with Gasteiger partial charge in [-0.3, -0.25) is 9.10 Å². The second kappa shape index (κ2) is 8.83. The number of ether oxygens (including phenoxy) is 2. The second-order valence-corrected chi connectivity index (χ2v) is 8.72. The molecule has 10 heteroatoms. The van der Waals surface area contributed by atoms with Gasteiger partial charge in [-0.15, -0.1) is 0 Å². The number of rotatable bonds is 6. The van der Waals surface area contributed by atoms with Crippen molar-refractivity contribution in [2.24, 2.45) is 0 Å². The monoisotopic (exact) mass is 460 g/mol. The highest BCUT2D eigenvalue weighted by Gasteiger charge is 2.29. The van der Waals surface area contributed by atoms with Gasteiger partial charge in [-0.2, -0.15) is 0 Å². The summed E-state index contributed by atoms with van der Waals surface area (Å²) in [6.45, 7) is -0.0638. The summed E-state index contributed by atoms with van der Waals surface area (Å²) in [6.07, 6.45) is 0. The number of amides is 1. The van der Waals surface area contributed by atoms with Crippen LogP contribution in [0.15, 0.2) is 71.6 Å². The molecule has 0 spiro atoms. The van der Waals surface area contributed by atoms with E-state index in [1.54, 1.807) is 0 Å². The van der Waals surface area contributed by atoms with Crippen molar-refractivity contribution in [2.45, 2.75) is 4.90 Å². The molecule has 1 N–H and O–H groups in total. The average Bonchev–Trinajstić information content (AvgIpc) is 2.77. The van der Waals surface area contributed by atoms with Gasteiger partial charge in [0.15, 0.2) is 11.5 Å². The van der Waals surface area contributed by atoms with E-state index >= 15 is 0 Å². The molecular formula is C22H18F2N2O5S. The number of benzene rings is 3. The zero-order valence-electron chi connectivity index (χ0n) is 16.6. The lowest BCUT2D eigenvalue weighted by Crippen LogP contribution is -2.38. The van der Waals surface area contributed by atoms with Gasteiger partial charge in [0.25, 0.3) is 10.0 Å². The van der Waals surface area contributed by atoms with Gasteiger partial charge in [-0.25, -0.2) is 17.2 Å². The van der Waals surface area contributed by atoms with Crippen LogP contribution in [0.5, 0.6) is 11.5 Å². The summed E-state index contributed by atoms with van der Waals surface area (Å²) >= 11 is 0.